The summed E-state index contributed by atoms with van der Waals surface area (Å²) in [5, 5.41) is -0.409. The molecule has 0 aromatic carbocycles. The molecule has 0 N–H and O–H groups in total. The van der Waals surface area contributed by atoms with E-state index in [0.717, 1.165) is 12.8 Å². The number of hydrogen-bond acceptors (Lipinski definition) is 2. The largest absolute Gasteiger partial charge is 0.235 e. The van der Waals surface area contributed by atoms with Crippen LogP contribution in [0.1, 0.15) is 39.0 Å². The number of hydrogen-bond donors (Lipinski definition) is 0. The maximum Gasteiger partial charge on any atom is 0.235 e. The molecule has 1 unspecified atom stereocenters. The van der Waals surface area contributed by atoms with Crippen LogP contribution in [0.3, 0.4) is 0 Å². The van der Waals surface area contributed by atoms with Gasteiger partial charge in [-0.05, 0) is 19.3 Å². The third-order valence-electron chi connectivity index (χ3n) is 1.94. The number of unbranched alkanes of at least 4 members (excludes halogenated alkanes) is 1. The Morgan fingerprint density at radius 2 is 1.77 bits per heavy atom. The summed E-state index contributed by atoms with van der Waals surface area (Å²) in [6.07, 6.45) is 3.83. The van der Waals surface area contributed by atoms with Crippen LogP contribution in [0, 0.1) is 0 Å². The maximum atomic E-state index is 11.1. The standard InChI is InChI=1S/C8H16Cl2O2S/c1-2-3-5-8(6-4-7-9)13(10,11)12/h8H,2-7H2,1H3. The van der Waals surface area contributed by atoms with Crippen molar-refractivity contribution >= 4 is 31.3 Å². The fourth-order valence-corrected chi connectivity index (χ4v) is 2.75. The van der Waals surface area contributed by atoms with Crippen molar-refractivity contribution in [2.75, 3.05) is 5.88 Å². The van der Waals surface area contributed by atoms with Gasteiger partial charge in [0, 0.05) is 16.6 Å². The third kappa shape index (κ3) is 6.58. The van der Waals surface area contributed by atoms with E-state index in [1.807, 2.05) is 6.92 Å². The molecule has 13 heavy (non-hydrogen) atoms. The highest BCUT2D eigenvalue weighted by atomic mass is 35.7. The molecule has 0 rings (SSSR count). The summed E-state index contributed by atoms with van der Waals surface area (Å²) in [5.41, 5.74) is 0. The first-order valence-corrected chi connectivity index (χ1v) is 7.42. The van der Waals surface area contributed by atoms with Gasteiger partial charge in [0.1, 0.15) is 0 Å². The Hall–Kier alpha value is 0.530. The molecule has 0 aliphatic rings. The van der Waals surface area contributed by atoms with Gasteiger partial charge in [0.05, 0.1) is 5.25 Å². The molecule has 0 aromatic rings. The topological polar surface area (TPSA) is 34.1 Å². The van der Waals surface area contributed by atoms with Crippen LogP contribution >= 0.6 is 22.3 Å². The van der Waals surface area contributed by atoms with Gasteiger partial charge >= 0.3 is 0 Å². The SMILES string of the molecule is CCCCC(CCCCl)S(=O)(=O)Cl. The fourth-order valence-electron chi connectivity index (χ4n) is 1.16. The molecule has 0 saturated carbocycles. The van der Waals surface area contributed by atoms with Gasteiger partial charge < -0.3 is 0 Å². The first kappa shape index (κ1) is 13.5. The van der Waals surface area contributed by atoms with Crippen LogP contribution in [0.25, 0.3) is 0 Å². The first-order valence-electron chi connectivity index (χ1n) is 4.51. The van der Waals surface area contributed by atoms with E-state index in [0.29, 0.717) is 25.1 Å². The van der Waals surface area contributed by atoms with Crippen molar-refractivity contribution in [1.29, 1.82) is 0 Å². The van der Waals surface area contributed by atoms with Gasteiger partial charge in [-0.3, -0.25) is 0 Å². The molecule has 0 spiro atoms. The zero-order chi connectivity index (χ0) is 10.3. The lowest BCUT2D eigenvalue weighted by Gasteiger charge is -2.11. The summed E-state index contributed by atoms with van der Waals surface area (Å²) in [6, 6.07) is 0. The molecule has 0 bridgehead atoms. The second-order valence-electron chi connectivity index (χ2n) is 3.07. The summed E-state index contributed by atoms with van der Waals surface area (Å²) in [5.74, 6) is 0.495. The zero-order valence-corrected chi connectivity index (χ0v) is 10.1. The monoisotopic (exact) mass is 246 g/mol. The lowest BCUT2D eigenvalue weighted by molar-refractivity contribution is 0.561. The van der Waals surface area contributed by atoms with E-state index in [1.54, 1.807) is 0 Å². The summed E-state index contributed by atoms with van der Waals surface area (Å²) in [6.45, 7) is 2.03. The molecule has 0 heterocycles. The van der Waals surface area contributed by atoms with Crippen LogP contribution in [0.15, 0.2) is 0 Å². The fraction of sp³-hybridized carbons (Fsp3) is 1.00. The van der Waals surface area contributed by atoms with E-state index >= 15 is 0 Å². The van der Waals surface area contributed by atoms with Crippen molar-refractivity contribution in [3.05, 3.63) is 0 Å². The second-order valence-corrected chi connectivity index (χ2v) is 6.36. The molecule has 5 heteroatoms. The van der Waals surface area contributed by atoms with Gasteiger partial charge in [-0.25, -0.2) is 8.42 Å². The van der Waals surface area contributed by atoms with E-state index < -0.39 is 14.3 Å². The average Bonchev–Trinajstić information content (AvgIpc) is 2.02. The maximum absolute atomic E-state index is 11.1. The molecular weight excluding hydrogens is 231 g/mol. The molecule has 0 aliphatic heterocycles. The van der Waals surface area contributed by atoms with Gasteiger partial charge in [0.25, 0.3) is 0 Å². The smallest absolute Gasteiger partial charge is 0.212 e. The first-order chi connectivity index (χ1) is 6.02. The van der Waals surface area contributed by atoms with Crippen LogP contribution in [0.5, 0.6) is 0 Å². The normalized spacial score (nSPS) is 14.4. The average molecular weight is 247 g/mol. The van der Waals surface area contributed by atoms with Crippen LogP contribution in [-0.4, -0.2) is 19.5 Å². The van der Waals surface area contributed by atoms with E-state index in [-0.39, 0.29) is 0 Å². The van der Waals surface area contributed by atoms with Crippen molar-refractivity contribution in [3.8, 4) is 0 Å². The Balaban J connectivity index is 4.04. The van der Waals surface area contributed by atoms with Crippen molar-refractivity contribution in [1.82, 2.24) is 0 Å². The van der Waals surface area contributed by atoms with Crippen LogP contribution < -0.4 is 0 Å². The lowest BCUT2D eigenvalue weighted by Crippen LogP contribution is -2.16. The van der Waals surface area contributed by atoms with Crippen LogP contribution in [0.2, 0.25) is 0 Å². The van der Waals surface area contributed by atoms with Crippen LogP contribution in [0.4, 0.5) is 0 Å². The highest BCUT2D eigenvalue weighted by Crippen LogP contribution is 2.19. The van der Waals surface area contributed by atoms with E-state index in [2.05, 4.69) is 0 Å². The van der Waals surface area contributed by atoms with Crippen molar-refractivity contribution in [2.45, 2.75) is 44.3 Å². The Morgan fingerprint density at radius 1 is 1.23 bits per heavy atom. The second kappa shape index (κ2) is 6.91. The van der Waals surface area contributed by atoms with Gasteiger partial charge in [-0.1, -0.05) is 19.8 Å². The minimum absolute atomic E-state index is 0.409. The summed E-state index contributed by atoms with van der Waals surface area (Å²) >= 11 is 5.49. The van der Waals surface area contributed by atoms with Crippen molar-refractivity contribution in [2.24, 2.45) is 0 Å². The lowest BCUT2D eigenvalue weighted by atomic mass is 10.1. The minimum atomic E-state index is -3.40. The summed E-state index contributed by atoms with van der Waals surface area (Å²) in [4.78, 5) is 0. The van der Waals surface area contributed by atoms with Crippen molar-refractivity contribution in [3.63, 3.8) is 0 Å². The molecule has 0 aromatic heterocycles. The quantitative estimate of drug-likeness (QED) is 0.511. The molecule has 1 atom stereocenters. The molecule has 2 nitrogen and oxygen atoms in total. The van der Waals surface area contributed by atoms with E-state index in [4.69, 9.17) is 22.3 Å². The van der Waals surface area contributed by atoms with Gasteiger partial charge in [-0.2, -0.15) is 0 Å². The zero-order valence-electron chi connectivity index (χ0n) is 7.80. The molecule has 0 radical (unpaired) electrons. The predicted octanol–water partition coefficient (Wildman–Crippen LogP) is 3.13. The molecule has 80 valence electrons. The van der Waals surface area contributed by atoms with Crippen molar-refractivity contribution < 1.29 is 8.42 Å². The highest BCUT2D eigenvalue weighted by molar-refractivity contribution is 8.14. The molecular formula is C8H16Cl2O2S. The third-order valence-corrected chi connectivity index (χ3v) is 4.23. The van der Waals surface area contributed by atoms with E-state index in [1.165, 1.54) is 0 Å². The van der Waals surface area contributed by atoms with Gasteiger partial charge in [-0.15, -0.1) is 11.6 Å². The Labute approximate surface area is 90.0 Å². The Morgan fingerprint density at radius 3 is 2.15 bits per heavy atom. The highest BCUT2D eigenvalue weighted by Gasteiger charge is 2.21. The Kier molecular flexibility index (Phi) is 7.19. The molecule has 0 saturated heterocycles. The number of rotatable bonds is 7. The molecule has 0 aliphatic carbocycles. The summed E-state index contributed by atoms with van der Waals surface area (Å²) < 4.78 is 22.1. The van der Waals surface area contributed by atoms with Gasteiger partial charge in [0.2, 0.25) is 9.05 Å². The minimum Gasteiger partial charge on any atom is -0.212 e. The Bertz CT molecular complexity index is 206. The molecule has 0 fully saturated rings. The summed E-state index contributed by atoms with van der Waals surface area (Å²) in [7, 11) is 1.90. The molecule has 0 amide bonds. The van der Waals surface area contributed by atoms with E-state index in [9.17, 15) is 8.42 Å². The van der Waals surface area contributed by atoms with Gasteiger partial charge in [0.15, 0.2) is 0 Å². The number of halogens is 2. The van der Waals surface area contributed by atoms with Crippen LogP contribution in [-0.2, 0) is 9.05 Å². The predicted molar refractivity (Wildman–Crippen MR) is 58.0 cm³/mol. The number of alkyl halides is 1.